The van der Waals surface area contributed by atoms with Gasteiger partial charge in [-0.25, -0.2) is 19.4 Å². The number of carbonyl (C=O) groups is 4. The van der Waals surface area contributed by atoms with Crippen LogP contribution < -0.4 is 11.1 Å². The maximum absolute atomic E-state index is 14.0. The van der Waals surface area contributed by atoms with Crippen molar-refractivity contribution in [2.24, 2.45) is 13.0 Å². The summed E-state index contributed by atoms with van der Waals surface area (Å²) in [6.45, 7) is 1.82. The number of amides is 4. The van der Waals surface area contributed by atoms with Crippen molar-refractivity contribution in [3.63, 3.8) is 0 Å². The minimum absolute atomic E-state index is 0.0292. The van der Waals surface area contributed by atoms with E-state index in [0.29, 0.717) is 44.7 Å². The summed E-state index contributed by atoms with van der Waals surface area (Å²) >= 11 is 6.47. The Morgan fingerprint density at radius 3 is 2.24 bits per heavy atom. The third-order valence-electron chi connectivity index (χ3n) is 8.91. The molecule has 0 aliphatic carbocycles. The van der Waals surface area contributed by atoms with Crippen LogP contribution in [0.15, 0.2) is 48.9 Å². The molecule has 3 aromatic heterocycles. The lowest BCUT2D eigenvalue weighted by Gasteiger charge is -2.38. The Kier molecular flexibility index (Phi) is 9.61. The molecule has 2 saturated heterocycles. The van der Waals surface area contributed by atoms with Crippen LogP contribution in [0.4, 0.5) is 29.3 Å². The van der Waals surface area contributed by atoms with Crippen molar-refractivity contribution in [3.05, 3.63) is 71.0 Å². The number of likely N-dealkylation sites (tertiary alicyclic amines) is 1. The predicted octanol–water partition coefficient (Wildman–Crippen LogP) is 3.85. The van der Waals surface area contributed by atoms with E-state index in [9.17, 15) is 32.3 Å². The van der Waals surface area contributed by atoms with Crippen LogP contribution in [0.2, 0.25) is 5.02 Å². The van der Waals surface area contributed by atoms with E-state index < -0.39 is 23.9 Å². The van der Waals surface area contributed by atoms with E-state index in [-0.39, 0.29) is 70.0 Å². The molecule has 0 unspecified atom stereocenters. The largest absolute Gasteiger partial charge is 0.465 e. The van der Waals surface area contributed by atoms with Crippen molar-refractivity contribution in [1.82, 2.24) is 39.0 Å². The number of imidazole rings is 1. The van der Waals surface area contributed by atoms with Crippen molar-refractivity contribution in [3.8, 4) is 17.1 Å². The topological polar surface area (TPSA) is 185 Å². The first-order valence-electron chi connectivity index (χ1n) is 15.8. The molecule has 2 aliphatic heterocycles. The maximum Gasteiger partial charge on any atom is 0.435 e. The lowest BCUT2D eigenvalue weighted by molar-refractivity contribution is -0.141. The fourth-order valence-electron chi connectivity index (χ4n) is 6.12. The molecule has 6 rings (SSSR count). The number of hydrogen-bond acceptors (Lipinski definition) is 8. The smallest absolute Gasteiger partial charge is 0.435 e. The molecule has 4 amide bonds. The van der Waals surface area contributed by atoms with E-state index in [0.717, 1.165) is 17.1 Å². The number of pyridine rings is 1. The minimum atomic E-state index is -4.83. The van der Waals surface area contributed by atoms with E-state index in [1.165, 1.54) is 53.0 Å². The number of nitrogen functional groups attached to an aromatic ring is 1. The van der Waals surface area contributed by atoms with Crippen molar-refractivity contribution in [1.29, 1.82) is 0 Å². The first-order chi connectivity index (χ1) is 24.2. The summed E-state index contributed by atoms with van der Waals surface area (Å²) < 4.78 is 44.2. The van der Waals surface area contributed by atoms with Gasteiger partial charge in [0.2, 0.25) is 5.91 Å². The van der Waals surface area contributed by atoms with Gasteiger partial charge in [-0.05, 0) is 43.2 Å². The third kappa shape index (κ3) is 7.30. The van der Waals surface area contributed by atoms with E-state index in [4.69, 9.17) is 22.4 Å². The van der Waals surface area contributed by atoms with Gasteiger partial charge in [-0.2, -0.15) is 18.3 Å². The zero-order valence-corrected chi connectivity index (χ0v) is 27.9. The van der Waals surface area contributed by atoms with Gasteiger partial charge in [0.05, 0.1) is 39.9 Å². The summed E-state index contributed by atoms with van der Waals surface area (Å²) in [4.78, 5) is 63.3. The van der Waals surface area contributed by atoms with Gasteiger partial charge in [0.25, 0.3) is 11.8 Å². The highest BCUT2D eigenvalue weighted by molar-refractivity contribution is 6.34. The highest BCUT2D eigenvalue weighted by Crippen LogP contribution is 2.37. The van der Waals surface area contributed by atoms with Crippen LogP contribution >= 0.6 is 11.6 Å². The summed E-state index contributed by atoms with van der Waals surface area (Å²) in [5, 5.41) is 15.5. The molecule has 2 fully saturated rings. The fraction of sp³-hybridized carbons (Fsp3) is 0.344. The normalized spacial score (nSPS) is 15.6. The predicted molar refractivity (Wildman–Crippen MR) is 177 cm³/mol. The quantitative estimate of drug-likeness (QED) is 0.265. The van der Waals surface area contributed by atoms with Crippen LogP contribution in [0.1, 0.15) is 39.5 Å². The van der Waals surface area contributed by atoms with Crippen molar-refractivity contribution >= 4 is 46.8 Å². The van der Waals surface area contributed by atoms with Crippen molar-refractivity contribution in [2.75, 3.05) is 50.3 Å². The molecule has 268 valence electrons. The second-order valence-corrected chi connectivity index (χ2v) is 12.5. The number of anilines is 2. The average Bonchev–Trinajstić information content (AvgIpc) is 3.72. The maximum atomic E-state index is 14.0. The Balaban J connectivity index is 1.10. The molecular formula is C32H32ClF3N10O5. The van der Waals surface area contributed by atoms with E-state index >= 15 is 0 Å². The van der Waals surface area contributed by atoms with Crippen LogP contribution in [-0.2, 0) is 18.0 Å². The van der Waals surface area contributed by atoms with Gasteiger partial charge >= 0.3 is 12.3 Å². The first-order valence-corrected chi connectivity index (χ1v) is 16.2. The van der Waals surface area contributed by atoms with Crippen LogP contribution in [0.25, 0.3) is 17.1 Å². The molecule has 2 aliphatic rings. The van der Waals surface area contributed by atoms with Crippen LogP contribution in [0, 0.1) is 5.92 Å². The van der Waals surface area contributed by atoms with Gasteiger partial charge in [0.15, 0.2) is 17.3 Å². The number of rotatable bonds is 6. The molecule has 5 heterocycles. The monoisotopic (exact) mass is 728 g/mol. The number of nitrogens with one attached hydrogen (secondary N) is 1. The SMILES string of the molecule is Cn1c(-c2cn(-c3ccc(N)cn3)nc2C(F)(F)F)cnc1C(=O)Nc1ccc(C(=O)N2CCN(C(=O)C3CCN(C(=O)O)CC3)CC2)c(Cl)c1. The van der Waals surface area contributed by atoms with Gasteiger partial charge in [-0.15, -0.1) is 0 Å². The molecule has 0 atom stereocenters. The lowest BCUT2D eigenvalue weighted by Crippen LogP contribution is -2.53. The molecule has 0 saturated carbocycles. The highest BCUT2D eigenvalue weighted by atomic mass is 35.5. The second-order valence-electron chi connectivity index (χ2n) is 12.1. The molecule has 0 radical (unpaired) electrons. The number of nitrogens with two attached hydrogens (primary N) is 1. The Bertz CT molecular complexity index is 1980. The van der Waals surface area contributed by atoms with Gasteiger partial charge in [0.1, 0.15) is 0 Å². The summed E-state index contributed by atoms with van der Waals surface area (Å²) in [6.07, 6.45) is -1.35. The van der Waals surface area contributed by atoms with Crippen LogP contribution in [0.3, 0.4) is 0 Å². The van der Waals surface area contributed by atoms with Crippen LogP contribution in [-0.4, -0.2) is 107 Å². The van der Waals surface area contributed by atoms with Gasteiger partial charge in [-0.3, -0.25) is 14.4 Å². The summed E-state index contributed by atoms with van der Waals surface area (Å²) in [5.74, 6) is -1.50. The van der Waals surface area contributed by atoms with Crippen molar-refractivity contribution in [2.45, 2.75) is 19.0 Å². The number of piperazine rings is 1. The molecule has 4 aromatic rings. The lowest BCUT2D eigenvalue weighted by atomic mass is 9.95. The number of hydrogen-bond donors (Lipinski definition) is 3. The molecule has 51 heavy (non-hydrogen) atoms. The number of carboxylic acid groups (broad SMARTS) is 1. The number of nitrogens with zero attached hydrogens (tertiary/aromatic N) is 8. The number of benzene rings is 1. The number of halogens is 4. The average molecular weight is 729 g/mol. The Morgan fingerprint density at radius 2 is 1.63 bits per heavy atom. The molecule has 0 bridgehead atoms. The zero-order chi connectivity index (χ0) is 36.6. The molecule has 1 aromatic carbocycles. The van der Waals surface area contributed by atoms with Gasteiger partial charge < -0.3 is 35.4 Å². The summed E-state index contributed by atoms with van der Waals surface area (Å²) in [7, 11) is 1.39. The third-order valence-corrected chi connectivity index (χ3v) is 9.22. The Labute approximate surface area is 293 Å². The van der Waals surface area contributed by atoms with Crippen LogP contribution in [0.5, 0.6) is 0 Å². The van der Waals surface area contributed by atoms with Crippen molar-refractivity contribution < 1.29 is 37.5 Å². The zero-order valence-electron chi connectivity index (χ0n) is 27.1. The molecule has 4 N–H and O–H groups in total. The standard InChI is InChI=1S/C32H32ClF3N10O5/c1-42-24(22-17-46(41-26(22)32(34,35)36)25-5-2-19(37)15-38-25)16-39-27(42)28(47)40-20-3-4-21(23(33)14-20)30(49)44-12-10-43(11-13-44)29(48)18-6-8-45(9-7-18)31(50)51/h2-5,14-18H,6-13,37H2,1H3,(H,40,47)(H,50,51). The summed E-state index contributed by atoms with van der Waals surface area (Å²) in [6, 6.07) is 7.19. The molecular weight excluding hydrogens is 697 g/mol. The second kappa shape index (κ2) is 13.9. The molecule has 19 heteroatoms. The fourth-order valence-corrected chi connectivity index (χ4v) is 6.38. The number of aromatic nitrogens is 5. The molecule has 15 nitrogen and oxygen atoms in total. The van der Waals surface area contributed by atoms with Gasteiger partial charge in [-0.1, -0.05) is 11.6 Å². The van der Waals surface area contributed by atoms with E-state index in [1.54, 1.807) is 9.80 Å². The number of piperidine rings is 1. The van der Waals surface area contributed by atoms with E-state index in [2.05, 4.69) is 20.4 Å². The van der Waals surface area contributed by atoms with E-state index in [1.807, 2.05) is 0 Å². The Morgan fingerprint density at radius 1 is 0.941 bits per heavy atom. The first kappa shape index (κ1) is 35.2. The Hall–Kier alpha value is -5.65. The number of alkyl halides is 3. The minimum Gasteiger partial charge on any atom is -0.465 e. The highest BCUT2D eigenvalue weighted by Gasteiger charge is 2.39. The molecule has 0 spiro atoms. The summed E-state index contributed by atoms with van der Waals surface area (Å²) in [5.41, 5.74) is 4.81. The number of carbonyl (C=O) groups excluding carboxylic acids is 3. The van der Waals surface area contributed by atoms with Gasteiger partial charge in [0, 0.05) is 64.1 Å².